The van der Waals surface area contributed by atoms with Crippen LogP contribution in [0.15, 0.2) is 24.3 Å². The first-order chi connectivity index (χ1) is 9.47. The first-order valence-electron chi connectivity index (χ1n) is 5.78. The van der Waals surface area contributed by atoms with Gasteiger partial charge in [-0.05, 0) is 5.56 Å². The van der Waals surface area contributed by atoms with Gasteiger partial charge in [-0.2, -0.15) is 0 Å². The minimum absolute atomic E-state index is 0. The highest BCUT2D eigenvalue weighted by Gasteiger charge is 2.20. The number of nitro benzene ring substituents is 1. The van der Waals surface area contributed by atoms with Gasteiger partial charge in [0.2, 0.25) is 5.91 Å². The molecule has 1 rings (SSSR count). The number of non-ortho nitro benzene ring substituents is 1. The molecule has 1 amide bonds. The predicted molar refractivity (Wildman–Crippen MR) is 76.9 cm³/mol. The highest BCUT2D eigenvalue weighted by molar-refractivity contribution is 5.85. The van der Waals surface area contributed by atoms with Gasteiger partial charge >= 0.3 is 5.97 Å². The van der Waals surface area contributed by atoms with E-state index in [-0.39, 0.29) is 31.1 Å². The van der Waals surface area contributed by atoms with Gasteiger partial charge in [0, 0.05) is 12.1 Å². The van der Waals surface area contributed by atoms with Gasteiger partial charge in [-0.25, -0.2) is 0 Å². The number of nitrogens with two attached hydrogens (primary N) is 1. The van der Waals surface area contributed by atoms with E-state index in [1.165, 1.54) is 25.3 Å². The summed E-state index contributed by atoms with van der Waals surface area (Å²) < 4.78 is 4.54. The minimum Gasteiger partial charge on any atom is -0.469 e. The summed E-state index contributed by atoms with van der Waals surface area (Å²) in [6.45, 7) is -0.243. The lowest BCUT2D eigenvalue weighted by Crippen LogP contribution is -2.35. The van der Waals surface area contributed by atoms with Gasteiger partial charge in [-0.15, -0.1) is 12.4 Å². The Morgan fingerprint density at radius 3 is 2.67 bits per heavy atom. The van der Waals surface area contributed by atoms with Crippen molar-refractivity contribution in [3.8, 4) is 0 Å². The lowest BCUT2D eigenvalue weighted by molar-refractivity contribution is -0.384. The zero-order chi connectivity index (χ0) is 15.1. The fourth-order valence-corrected chi connectivity index (χ4v) is 1.61. The molecule has 0 saturated heterocycles. The maximum Gasteiger partial charge on any atom is 0.307 e. The number of rotatable bonds is 6. The van der Waals surface area contributed by atoms with Crippen molar-refractivity contribution < 1.29 is 19.2 Å². The SMILES string of the molecule is COC(=O)CC(NC(=O)CN)c1cccc([N+](=O)[O-])c1.Cl. The van der Waals surface area contributed by atoms with Crippen LogP contribution < -0.4 is 11.1 Å². The third-order valence-corrected chi connectivity index (χ3v) is 2.60. The second-order valence-electron chi connectivity index (χ2n) is 3.96. The van der Waals surface area contributed by atoms with Crippen molar-refractivity contribution in [3.05, 3.63) is 39.9 Å². The summed E-state index contributed by atoms with van der Waals surface area (Å²) in [6.07, 6.45) is -0.136. The molecule has 0 aromatic heterocycles. The summed E-state index contributed by atoms with van der Waals surface area (Å²) >= 11 is 0. The number of halogens is 1. The third kappa shape index (κ3) is 5.76. The van der Waals surface area contributed by atoms with Gasteiger partial charge < -0.3 is 15.8 Å². The number of benzene rings is 1. The summed E-state index contributed by atoms with van der Waals surface area (Å²) in [4.78, 5) is 32.9. The highest BCUT2D eigenvalue weighted by atomic mass is 35.5. The van der Waals surface area contributed by atoms with Crippen molar-refractivity contribution in [2.75, 3.05) is 13.7 Å². The third-order valence-electron chi connectivity index (χ3n) is 2.60. The van der Waals surface area contributed by atoms with E-state index >= 15 is 0 Å². The lowest BCUT2D eigenvalue weighted by Gasteiger charge is -2.17. The maximum absolute atomic E-state index is 11.4. The molecule has 0 aliphatic carbocycles. The van der Waals surface area contributed by atoms with Crippen molar-refractivity contribution in [2.45, 2.75) is 12.5 Å². The summed E-state index contributed by atoms with van der Waals surface area (Å²) in [5.74, 6) is -1.01. The molecule has 3 N–H and O–H groups in total. The smallest absolute Gasteiger partial charge is 0.307 e. The summed E-state index contributed by atoms with van der Waals surface area (Å²) in [5.41, 5.74) is 5.51. The largest absolute Gasteiger partial charge is 0.469 e. The van der Waals surface area contributed by atoms with Crippen LogP contribution in [-0.2, 0) is 14.3 Å². The van der Waals surface area contributed by atoms with E-state index in [4.69, 9.17) is 5.73 Å². The molecule has 0 fully saturated rings. The first-order valence-corrected chi connectivity index (χ1v) is 5.78. The molecule has 0 saturated carbocycles. The van der Waals surface area contributed by atoms with Crippen LogP contribution in [0.4, 0.5) is 5.69 Å². The quantitative estimate of drug-likeness (QED) is 0.452. The van der Waals surface area contributed by atoms with E-state index in [1.807, 2.05) is 0 Å². The molecule has 1 aromatic rings. The zero-order valence-electron chi connectivity index (χ0n) is 11.3. The molecular weight excluding hydrogens is 302 g/mol. The molecule has 0 bridgehead atoms. The molecule has 0 radical (unpaired) electrons. The van der Waals surface area contributed by atoms with Gasteiger partial charge in [-0.3, -0.25) is 19.7 Å². The van der Waals surface area contributed by atoms with Crippen molar-refractivity contribution in [1.29, 1.82) is 0 Å². The number of methoxy groups -OCH3 is 1. The number of nitro groups is 1. The fourth-order valence-electron chi connectivity index (χ4n) is 1.61. The lowest BCUT2D eigenvalue weighted by atomic mass is 10.0. The Morgan fingerprint density at radius 2 is 2.14 bits per heavy atom. The van der Waals surface area contributed by atoms with Crippen LogP contribution >= 0.6 is 12.4 Å². The topological polar surface area (TPSA) is 125 Å². The van der Waals surface area contributed by atoms with Crippen LogP contribution in [0.3, 0.4) is 0 Å². The average molecular weight is 318 g/mol. The number of hydrogen-bond donors (Lipinski definition) is 2. The molecule has 116 valence electrons. The van der Waals surface area contributed by atoms with Gasteiger partial charge in [0.25, 0.3) is 5.69 Å². The zero-order valence-corrected chi connectivity index (χ0v) is 12.1. The Bertz CT molecular complexity index is 505. The Morgan fingerprint density at radius 1 is 1.48 bits per heavy atom. The van der Waals surface area contributed by atoms with Crippen LogP contribution in [0, 0.1) is 10.1 Å². The molecule has 1 unspecified atom stereocenters. The predicted octanol–water partition coefficient (Wildman–Crippen LogP) is 0.696. The molecule has 0 heterocycles. The Labute approximate surface area is 127 Å². The van der Waals surface area contributed by atoms with Crippen LogP contribution in [-0.4, -0.2) is 30.5 Å². The summed E-state index contributed by atoms with van der Waals surface area (Å²) in [6, 6.07) is 4.95. The standard InChI is InChI=1S/C12H15N3O5.ClH/c1-20-12(17)6-10(14-11(16)7-13)8-3-2-4-9(5-8)15(18)19;/h2-5,10H,6-7,13H2,1H3,(H,14,16);1H. The van der Waals surface area contributed by atoms with E-state index < -0.39 is 22.8 Å². The number of nitrogens with zero attached hydrogens (tertiary/aromatic N) is 1. The molecular formula is C12H16ClN3O5. The molecule has 8 nitrogen and oxygen atoms in total. The summed E-state index contributed by atoms with van der Waals surface area (Å²) in [7, 11) is 1.22. The Balaban J connectivity index is 0.00000400. The van der Waals surface area contributed by atoms with Crippen LogP contribution in [0.2, 0.25) is 0 Å². The van der Waals surface area contributed by atoms with Gasteiger partial charge in [0.15, 0.2) is 0 Å². The number of ether oxygens (including phenoxy) is 1. The number of esters is 1. The van der Waals surface area contributed by atoms with Gasteiger partial charge in [-0.1, -0.05) is 12.1 Å². The van der Waals surface area contributed by atoms with Crippen molar-refractivity contribution >= 4 is 30.0 Å². The van der Waals surface area contributed by atoms with E-state index in [0.717, 1.165) is 0 Å². The Kier molecular flexibility index (Phi) is 7.95. The second kappa shape index (κ2) is 8.88. The van der Waals surface area contributed by atoms with E-state index in [1.54, 1.807) is 6.07 Å². The fraction of sp³-hybridized carbons (Fsp3) is 0.333. The van der Waals surface area contributed by atoms with Gasteiger partial charge in [0.1, 0.15) is 0 Å². The van der Waals surface area contributed by atoms with Crippen LogP contribution in [0.5, 0.6) is 0 Å². The van der Waals surface area contributed by atoms with E-state index in [2.05, 4.69) is 10.1 Å². The summed E-state index contributed by atoms with van der Waals surface area (Å²) in [5, 5.41) is 13.3. The van der Waals surface area contributed by atoms with Crippen molar-refractivity contribution in [1.82, 2.24) is 5.32 Å². The number of carbonyl (C=O) groups is 2. The number of amides is 1. The molecule has 1 aromatic carbocycles. The van der Waals surface area contributed by atoms with E-state index in [0.29, 0.717) is 5.56 Å². The van der Waals surface area contributed by atoms with Crippen molar-refractivity contribution in [3.63, 3.8) is 0 Å². The molecule has 21 heavy (non-hydrogen) atoms. The molecule has 9 heteroatoms. The van der Waals surface area contributed by atoms with Gasteiger partial charge in [0.05, 0.1) is 31.0 Å². The minimum atomic E-state index is -0.724. The van der Waals surface area contributed by atoms with Crippen molar-refractivity contribution in [2.24, 2.45) is 5.73 Å². The maximum atomic E-state index is 11.4. The number of nitrogens with one attached hydrogen (secondary N) is 1. The van der Waals surface area contributed by atoms with Crippen LogP contribution in [0.25, 0.3) is 0 Å². The molecule has 0 aliphatic heterocycles. The second-order valence-corrected chi connectivity index (χ2v) is 3.96. The monoisotopic (exact) mass is 317 g/mol. The molecule has 0 aliphatic rings. The number of carbonyl (C=O) groups excluding carboxylic acids is 2. The Hall–Kier alpha value is -2.19. The highest BCUT2D eigenvalue weighted by Crippen LogP contribution is 2.22. The first kappa shape index (κ1) is 18.8. The molecule has 0 spiro atoms. The van der Waals surface area contributed by atoms with E-state index in [9.17, 15) is 19.7 Å². The van der Waals surface area contributed by atoms with Crippen LogP contribution in [0.1, 0.15) is 18.0 Å². The molecule has 1 atom stereocenters. The average Bonchev–Trinajstić information content (AvgIpc) is 2.46. The normalized spacial score (nSPS) is 11.0. The number of hydrogen-bond acceptors (Lipinski definition) is 6.